The van der Waals surface area contributed by atoms with Gasteiger partial charge in [0.25, 0.3) is 0 Å². The lowest BCUT2D eigenvalue weighted by Crippen LogP contribution is -2.36. The molecular weight excluding hydrogens is 224 g/mol. The fourth-order valence-corrected chi connectivity index (χ4v) is 2.46. The van der Waals surface area contributed by atoms with Crippen LogP contribution < -0.4 is 5.32 Å². The maximum atomic E-state index is 4.56. The summed E-state index contributed by atoms with van der Waals surface area (Å²) in [5.74, 6) is 0. The first-order chi connectivity index (χ1) is 8.45. The van der Waals surface area contributed by atoms with Gasteiger partial charge in [0.05, 0.1) is 5.69 Å². The third kappa shape index (κ3) is 4.10. The summed E-state index contributed by atoms with van der Waals surface area (Å²) in [4.78, 5) is 2.21. The van der Waals surface area contributed by atoms with E-state index >= 15 is 0 Å². The van der Waals surface area contributed by atoms with Crippen molar-refractivity contribution in [2.45, 2.75) is 46.7 Å². The van der Waals surface area contributed by atoms with Gasteiger partial charge in [0.15, 0.2) is 0 Å². The summed E-state index contributed by atoms with van der Waals surface area (Å²) in [5, 5.41) is 8.12. The molecule has 1 aromatic rings. The van der Waals surface area contributed by atoms with E-state index in [1.807, 2.05) is 0 Å². The van der Waals surface area contributed by atoms with Crippen molar-refractivity contribution in [2.24, 2.45) is 0 Å². The molecule has 0 fully saturated rings. The molecule has 104 valence electrons. The van der Waals surface area contributed by atoms with E-state index in [9.17, 15) is 0 Å². The van der Waals surface area contributed by atoms with Gasteiger partial charge in [0.2, 0.25) is 0 Å². The first-order valence-electron chi connectivity index (χ1n) is 6.86. The van der Waals surface area contributed by atoms with Crippen molar-refractivity contribution in [1.29, 1.82) is 0 Å². The van der Waals surface area contributed by atoms with Crippen LogP contribution in [0.3, 0.4) is 0 Å². The highest BCUT2D eigenvalue weighted by Crippen LogP contribution is 2.13. The van der Waals surface area contributed by atoms with Crippen LogP contribution >= 0.6 is 0 Å². The molecule has 0 aliphatic rings. The van der Waals surface area contributed by atoms with E-state index in [-0.39, 0.29) is 0 Å². The standard InChI is InChI=1S/C14H28N4/c1-7-18-13(4)14(12(3)16-18)8-9-15-11(2)10-17(5)6/h11,15H,7-10H2,1-6H3. The quantitative estimate of drug-likeness (QED) is 0.800. The molecule has 0 amide bonds. The first kappa shape index (κ1) is 15.2. The molecule has 0 aliphatic carbocycles. The average Bonchev–Trinajstić information content (AvgIpc) is 2.55. The van der Waals surface area contributed by atoms with Crippen molar-refractivity contribution in [3.8, 4) is 0 Å². The third-order valence-electron chi connectivity index (χ3n) is 3.34. The number of hydrogen-bond acceptors (Lipinski definition) is 3. The molecule has 1 unspecified atom stereocenters. The molecule has 1 atom stereocenters. The summed E-state index contributed by atoms with van der Waals surface area (Å²) in [6.45, 7) is 11.7. The second-order valence-corrected chi connectivity index (χ2v) is 5.33. The third-order valence-corrected chi connectivity index (χ3v) is 3.34. The topological polar surface area (TPSA) is 33.1 Å². The van der Waals surface area contributed by atoms with Crippen LogP contribution in [-0.4, -0.2) is 47.9 Å². The van der Waals surface area contributed by atoms with Gasteiger partial charge in [-0.3, -0.25) is 4.68 Å². The largest absolute Gasteiger partial charge is 0.313 e. The molecule has 0 saturated heterocycles. The zero-order chi connectivity index (χ0) is 13.7. The molecule has 0 saturated carbocycles. The number of aryl methyl sites for hydroxylation is 2. The van der Waals surface area contributed by atoms with Crippen LogP contribution in [-0.2, 0) is 13.0 Å². The molecule has 0 aromatic carbocycles. The van der Waals surface area contributed by atoms with Gasteiger partial charge in [-0.1, -0.05) is 0 Å². The van der Waals surface area contributed by atoms with Gasteiger partial charge in [0.1, 0.15) is 0 Å². The lowest BCUT2D eigenvalue weighted by Gasteiger charge is -2.18. The van der Waals surface area contributed by atoms with Crippen molar-refractivity contribution in [2.75, 3.05) is 27.2 Å². The van der Waals surface area contributed by atoms with E-state index in [4.69, 9.17) is 0 Å². The molecular formula is C14H28N4. The van der Waals surface area contributed by atoms with Crippen molar-refractivity contribution >= 4 is 0 Å². The van der Waals surface area contributed by atoms with Gasteiger partial charge in [-0.25, -0.2) is 0 Å². The zero-order valence-corrected chi connectivity index (χ0v) is 12.7. The zero-order valence-electron chi connectivity index (χ0n) is 12.7. The average molecular weight is 252 g/mol. The Kier molecular flexibility index (Phi) is 5.82. The second kappa shape index (κ2) is 6.90. The molecule has 0 radical (unpaired) electrons. The Morgan fingerprint density at radius 2 is 2.00 bits per heavy atom. The maximum Gasteiger partial charge on any atom is 0.0628 e. The van der Waals surface area contributed by atoms with Crippen molar-refractivity contribution < 1.29 is 0 Å². The van der Waals surface area contributed by atoms with E-state index in [0.717, 1.165) is 26.1 Å². The summed E-state index contributed by atoms with van der Waals surface area (Å²) in [6, 6.07) is 0.529. The lowest BCUT2D eigenvalue weighted by molar-refractivity contribution is 0.351. The minimum absolute atomic E-state index is 0.529. The van der Waals surface area contributed by atoms with E-state index in [1.165, 1.54) is 17.0 Å². The first-order valence-corrected chi connectivity index (χ1v) is 6.86. The Morgan fingerprint density at radius 3 is 2.50 bits per heavy atom. The molecule has 0 aliphatic heterocycles. The van der Waals surface area contributed by atoms with Crippen LogP contribution in [0.15, 0.2) is 0 Å². The van der Waals surface area contributed by atoms with E-state index < -0.39 is 0 Å². The SMILES string of the molecule is CCn1nc(C)c(CCNC(C)CN(C)C)c1C. The van der Waals surface area contributed by atoms with Crippen LogP contribution in [0, 0.1) is 13.8 Å². The van der Waals surface area contributed by atoms with Crippen molar-refractivity contribution in [1.82, 2.24) is 20.0 Å². The molecule has 1 N–H and O–H groups in total. The smallest absolute Gasteiger partial charge is 0.0628 e. The van der Waals surface area contributed by atoms with Crippen LogP contribution in [0.4, 0.5) is 0 Å². The number of nitrogens with one attached hydrogen (secondary N) is 1. The fraction of sp³-hybridized carbons (Fsp3) is 0.786. The monoisotopic (exact) mass is 252 g/mol. The van der Waals surface area contributed by atoms with Gasteiger partial charge in [-0.2, -0.15) is 5.10 Å². The molecule has 18 heavy (non-hydrogen) atoms. The van der Waals surface area contributed by atoms with Crippen LogP contribution in [0.25, 0.3) is 0 Å². The Morgan fingerprint density at radius 1 is 1.33 bits per heavy atom. The van der Waals surface area contributed by atoms with Crippen LogP contribution in [0.5, 0.6) is 0 Å². The molecule has 1 rings (SSSR count). The highest BCUT2D eigenvalue weighted by atomic mass is 15.3. The predicted molar refractivity (Wildman–Crippen MR) is 77.1 cm³/mol. The Balaban J connectivity index is 2.46. The molecule has 1 aromatic heterocycles. The molecule has 4 nitrogen and oxygen atoms in total. The highest BCUT2D eigenvalue weighted by Gasteiger charge is 2.10. The molecule has 1 heterocycles. The number of likely N-dealkylation sites (N-methyl/N-ethyl adjacent to an activating group) is 1. The minimum Gasteiger partial charge on any atom is -0.313 e. The van der Waals surface area contributed by atoms with Gasteiger partial charge in [-0.15, -0.1) is 0 Å². The summed E-state index contributed by atoms with van der Waals surface area (Å²) < 4.78 is 2.09. The minimum atomic E-state index is 0.529. The number of rotatable bonds is 7. The van der Waals surface area contributed by atoms with Crippen LogP contribution in [0.1, 0.15) is 30.8 Å². The van der Waals surface area contributed by atoms with E-state index in [2.05, 4.69) is 61.8 Å². The second-order valence-electron chi connectivity index (χ2n) is 5.33. The van der Waals surface area contributed by atoms with Crippen molar-refractivity contribution in [3.05, 3.63) is 17.0 Å². The van der Waals surface area contributed by atoms with E-state index in [0.29, 0.717) is 6.04 Å². The lowest BCUT2D eigenvalue weighted by atomic mass is 10.1. The molecule has 4 heteroatoms. The van der Waals surface area contributed by atoms with Gasteiger partial charge >= 0.3 is 0 Å². The Hall–Kier alpha value is -0.870. The van der Waals surface area contributed by atoms with Gasteiger partial charge in [0, 0.05) is 24.8 Å². The molecule has 0 spiro atoms. The highest BCUT2D eigenvalue weighted by molar-refractivity contribution is 5.24. The van der Waals surface area contributed by atoms with Gasteiger partial charge in [-0.05, 0) is 60.3 Å². The summed E-state index contributed by atoms with van der Waals surface area (Å²) >= 11 is 0. The Bertz CT molecular complexity index is 368. The predicted octanol–water partition coefficient (Wildman–Crippen LogP) is 1.60. The van der Waals surface area contributed by atoms with E-state index in [1.54, 1.807) is 0 Å². The molecule has 0 bridgehead atoms. The Labute approximate surface area is 111 Å². The maximum absolute atomic E-state index is 4.56. The van der Waals surface area contributed by atoms with Crippen molar-refractivity contribution in [3.63, 3.8) is 0 Å². The number of hydrogen-bond donors (Lipinski definition) is 1. The fourth-order valence-electron chi connectivity index (χ4n) is 2.46. The normalized spacial score (nSPS) is 13.3. The summed E-state index contributed by atoms with van der Waals surface area (Å²) in [7, 11) is 4.22. The van der Waals surface area contributed by atoms with Gasteiger partial charge < -0.3 is 10.2 Å². The summed E-state index contributed by atoms with van der Waals surface area (Å²) in [5.41, 5.74) is 3.90. The summed E-state index contributed by atoms with van der Waals surface area (Å²) in [6.07, 6.45) is 1.06. The van der Waals surface area contributed by atoms with Crippen LogP contribution in [0.2, 0.25) is 0 Å². The number of aromatic nitrogens is 2. The number of nitrogens with zero attached hydrogens (tertiary/aromatic N) is 3.